The number of rotatable bonds is 8. The maximum absolute atomic E-state index is 13.6. The van der Waals surface area contributed by atoms with E-state index in [0.29, 0.717) is 5.82 Å². The van der Waals surface area contributed by atoms with E-state index >= 15 is 0 Å². The normalized spacial score (nSPS) is 19.4. The lowest BCUT2D eigenvalue weighted by Gasteiger charge is -2.48. The van der Waals surface area contributed by atoms with E-state index in [4.69, 9.17) is 0 Å². The number of nitrogens with one attached hydrogen (secondary N) is 3. The van der Waals surface area contributed by atoms with Crippen molar-refractivity contribution in [3.05, 3.63) is 47.2 Å². The van der Waals surface area contributed by atoms with Crippen molar-refractivity contribution in [1.29, 1.82) is 0 Å². The molecule has 0 bridgehead atoms. The van der Waals surface area contributed by atoms with Crippen molar-refractivity contribution in [2.24, 2.45) is 5.92 Å². The number of aromatic nitrogens is 2. The minimum Gasteiger partial charge on any atom is -0.481 e. The van der Waals surface area contributed by atoms with Gasteiger partial charge in [-0.1, -0.05) is 63.3 Å². The van der Waals surface area contributed by atoms with E-state index in [9.17, 15) is 19.5 Å². The summed E-state index contributed by atoms with van der Waals surface area (Å²) in [4.78, 5) is 40.3. The van der Waals surface area contributed by atoms with Crippen LogP contribution in [0.5, 0.6) is 0 Å². The number of aromatic amines is 1. The molecule has 2 heterocycles. The van der Waals surface area contributed by atoms with E-state index in [1.165, 1.54) is 0 Å². The van der Waals surface area contributed by atoms with Gasteiger partial charge in [0.15, 0.2) is 5.82 Å². The largest absolute Gasteiger partial charge is 0.481 e. The Morgan fingerprint density at radius 1 is 1.16 bits per heavy atom. The molecule has 9 nitrogen and oxygen atoms in total. The second-order valence-corrected chi connectivity index (χ2v) is 17.6. The highest BCUT2D eigenvalue weighted by Crippen LogP contribution is 2.56. The average Bonchev–Trinajstić information content (AvgIpc) is 3.29. The minimum absolute atomic E-state index is 0.0414. The first-order chi connectivity index (χ1) is 17.3. The summed E-state index contributed by atoms with van der Waals surface area (Å²) in [5, 5.41) is 22.8. The van der Waals surface area contributed by atoms with Crippen molar-refractivity contribution in [2.75, 3.05) is 5.32 Å². The number of H-pyrrole nitrogens is 1. The van der Waals surface area contributed by atoms with Crippen LogP contribution < -0.4 is 10.6 Å². The van der Waals surface area contributed by atoms with Crippen LogP contribution in [-0.2, 0) is 21.7 Å². The molecule has 2 aliphatic rings. The van der Waals surface area contributed by atoms with Gasteiger partial charge in [-0.15, -0.1) is 0 Å². The van der Waals surface area contributed by atoms with E-state index in [1.807, 2.05) is 44.2 Å². The summed E-state index contributed by atoms with van der Waals surface area (Å²) in [6.45, 7) is 12.5. The number of benzene rings is 1. The predicted octanol–water partition coefficient (Wildman–Crippen LogP) is 5.22. The first kappa shape index (κ1) is 26.9. The molecule has 1 fully saturated rings. The lowest BCUT2D eigenvalue weighted by atomic mass is 9.83. The number of hydrogen-bond acceptors (Lipinski definition) is 4. The zero-order valence-electron chi connectivity index (χ0n) is 22.6. The van der Waals surface area contributed by atoms with Crippen molar-refractivity contribution in [2.45, 2.75) is 89.3 Å². The van der Waals surface area contributed by atoms with Gasteiger partial charge < -0.3 is 20.6 Å². The molecule has 4 N–H and O–H groups in total. The van der Waals surface area contributed by atoms with Crippen LogP contribution in [-0.4, -0.2) is 46.2 Å². The Kier molecular flexibility index (Phi) is 7.00. The number of carbonyl (C=O) groups is 3. The third-order valence-electron chi connectivity index (χ3n) is 8.53. The third-order valence-corrected chi connectivity index (χ3v) is 12.1. The van der Waals surface area contributed by atoms with Gasteiger partial charge in [0.25, 0.3) is 0 Å². The summed E-state index contributed by atoms with van der Waals surface area (Å²) in [6, 6.07) is 8.67. The Morgan fingerprint density at radius 2 is 1.81 bits per heavy atom. The summed E-state index contributed by atoms with van der Waals surface area (Å²) < 4.78 is 0. The van der Waals surface area contributed by atoms with Gasteiger partial charge in [-0.2, -0.15) is 5.10 Å². The number of carboxylic acid groups (broad SMARTS) is 1. The highest BCUT2D eigenvalue weighted by atomic mass is 28.3. The van der Waals surface area contributed by atoms with Gasteiger partial charge in [0, 0.05) is 10.6 Å². The van der Waals surface area contributed by atoms with E-state index in [0.717, 1.165) is 36.1 Å². The monoisotopic (exact) mass is 525 g/mol. The molecule has 1 aromatic heterocycles. The first-order valence-corrected chi connectivity index (χ1v) is 16.5. The summed E-state index contributed by atoms with van der Waals surface area (Å²) >= 11 is 0. The molecular formula is C27H39N5O4Si. The number of urea groups is 1. The van der Waals surface area contributed by atoms with Gasteiger partial charge in [-0.3, -0.25) is 14.7 Å². The first-order valence-electron chi connectivity index (χ1n) is 13.0. The van der Waals surface area contributed by atoms with Gasteiger partial charge >= 0.3 is 12.0 Å². The Hall–Kier alpha value is -3.14. The van der Waals surface area contributed by atoms with Crippen LogP contribution in [0.15, 0.2) is 30.3 Å². The average molecular weight is 526 g/mol. The number of fused-ring (bicyclic) bond motifs is 1. The summed E-state index contributed by atoms with van der Waals surface area (Å²) in [7, 11) is -1.74. The summed E-state index contributed by atoms with van der Waals surface area (Å²) in [6.07, 6.45) is 3.17. The van der Waals surface area contributed by atoms with Crippen LogP contribution >= 0.6 is 0 Å². The van der Waals surface area contributed by atoms with E-state index in [1.54, 1.807) is 11.8 Å². The Labute approximate surface area is 219 Å². The SMILES string of the molecule is C[C@@H](CC(NC(=O)N1Cc2c(NC(=O)C3([Si](C)(C)C)CCC3)n[nH]c2C1(C)C)c1ccccc1)C(=O)O. The van der Waals surface area contributed by atoms with Crippen LogP contribution in [0.25, 0.3) is 0 Å². The molecule has 1 aromatic carbocycles. The lowest BCUT2D eigenvalue weighted by Crippen LogP contribution is -2.52. The molecule has 1 saturated carbocycles. The fourth-order valence-corrected chi connectivity index (χ4v) is 8.26. The number of amides is 3. The van der Waals surface area contributed by atoms with Crippen molar-refractivity contribution >= 4 is 31.8 Å². The predicted molar refractivity (Wildman–Crippen MR) is 145 cm³/mol. The highest BCUT2D eigenvalue weighted by molar-refractivity contribution is 6.83. The molecule has 1 aliphatic heterocycles. The number of anilines is 1. The standard InChI is InChI=1S/C27H39N5O4Si/c1-17(23(33)34)15-20(18-11-8-7-9-12-18)28-25(36)32-16-19-21(26(32,2)3)30-31-22(19)29-24(35)27(13-10-14-27)37(4,5)6/h7-9,11-12,17,20H,10,13-16H2,1-6H3,(H,28,36)(H,33,34)(H2,29,30,31,35)/t17-,20?/m0/s1. The summed E-state index contributed by atoms with van der Waals surface area (Å²) in [5.74, 6) is -0.992. The maximum Gasteiger partial charge on any atom is 0.318 e. The van der Waals surface area contributed by atoms with Crippen molar-refractivity contribution in [3.63, 3.8) is 0 Å². The molecule has 10 heteroatoms. The number of carbonyl (C=O) groups excluding carboxylic acids is 2. The van der Waals surface area contributed by atoms with Gasteiger partial charge in [0.2, 0.25) is 5.91 Å². The van der Waals surface area contributed by atoms with Gasteiger partial charge in [0.05, 0.1) is 37.8 Å². The van der Waals surface area contributed by atoms with Crippen LogP contribution in [0, 0.1) is 5.92 Å². The zero-order valence-corrected chi connectivity index (χ0v) is 23.6. The number of carboxylic acids is 1. The van der Waals surface area contributed by atoms with Gasteiger partial charge in [-0.05, 0) is 38.7 Å². The van der Waals surface area contributed by atoms with Gasteiger partial charge in [0.1, 0.15) is 0 Å². The second kappa shape index (κ2) is 9.63. The molecule has 37 heavy (non-hydrogen) atoms. The number of aliphatic carboxylic acids is 1. The van der Waals surface area contributed by atoms with Crippen LogP contribution in [0.2, 0.25) is 24.7 Å². The third kappa shape index (κ3) is 4.79. The molecule has 0 spiro atoms. The molecule has 2 atom stereocenters. The van der Waals surface area contributed by atoms with Crippen molar-refractivity contribution in [1.82, 2.24) is 20.4 Å². The Balaban J connectivity index is 1.54. The Morgan fingerprint density at radius 3 is 2.35 bits per heavy atom. The van der Waals surface area contributed by atoms with Crippen LogP contribution in [0.1, 0.15) is 69.3 Å². The zero-order chi connectivity index (χ0) is 27.2. The lowest BCUT2D eigenvalue weighted by molar-refractivity contribution is -0.141. The molecule has 0 saturated heterocycles. The molecule has 1 aliphatic carbocycles. The highest BCUT2D eigenvalue weighted by Gasteiger charge is 2.54. The summed E-state index contributed by atoms with van der Waals surface area (Å²) in [5.41, 5.74) is 1.77. The van der Waals surface area contributed by atoms with E-state index in [-0.39, 0.29) is 29.9 Å². The minimum atomic E-state index is -1.74. The Bertz CT molecular complexity index is 1180. The molecule has 2 aromatic rings. The molecule has 3 amide bonds. The van der Waals surface area contributed by atoms with Crippen molar-refractivity contribution in [3.8, 4) is 0 Å². The smallest absolute Gasteiger partial charge is 0.318 e. The van der Waals surface area contributed by atoms with E-state index in [2.05, 4.69) is 40.5 Å². The second-order valence-electron chi connectivity index (χ2n) is 12.1. The molecule has 0 radical (unpaired) electrons. The fourth-order valence-electron chi connectivity index (χ4n) is 5.67. The molecule has 1 unspecified atom stereocenters. The number of hydrogen-bond donors (Lipinski definition) is 4. The molecule has 200 valence electrons. The fraction of sp³-hybridized carbons (Fsp3) is 0.556. The maximum atomic E-state index is 13.6. The van der Waals surface area contributed by atoms with Crippen molar-refractivity contribution < 1.29 is 19.5 Å². The van der Waals surface area contributed by atoms with Crippen LogP contribution in [0.3, 0.4) is 0 Å². The molecular weight excluding hydrogens is 486 g/mol. The molecule has 4 rings (SSSR count). The quantitative estimate of drug-likeness (QED) is 0.351. The number of nitrogens with zero attached hydrogens (tertiary/aromatic N) is 2. The van der Waals surface area contributed by atoms with Gasteiger partial charge in [-0.25, -0.2) is 4.79 Å². The van der Waals surface area contributed by atoms with Crippen LogP contribution in [0.4, 0.5) is 10.6 Å². The topological polar surface area (TPSA) is 127 Å². The van der Waals surface area contributed by atoms with E-state index < -0.39 is 31.5 Å².